The van der Waals surface area contributed by atoms with E-state index in [-0.39, 0.29) is 28.2 Å². The van der Waals surface area contributed by atoms with Crippen molar-refractivity contribution in [1.29, 1.82) is 0 Å². The van der Waals surface area contributed by atoms with Crippen molar-refractivity contribution in [1.82, 2.24) is 4.90 Å². The van der Waals surface area contributed by atoms with Crippen molar-refractivity contribution in [3.63, 3.8) is 0 Å². The maximum Gasteiger partial charge on any atom is 0.300 e. The molecule has 5 nitrogen and oxygen atoms in total. The van der Waals surface area contributed by atoms with E-state index in [0.29, 0.717) is 12.5 Å². The van der Waals surface area contributed by atoms with Crippen LogP contribution in [0.2, 0.25) is 5.02 Å². The number of hydrogen-bond acceptors (Lipinski definition) is 3. The molecule has 1 aliphatic heterocycles. The standard InChI is InChI=1S/C15H17ClN2O3/c16-12-7-2-6-11(14(12)18(20)21)15(19)17-9-3-5-10-4-1-8-13(10)17/h2,6-7,10,13H,1,3-5,8-9H2. The molecule has 1 aromatic rings. The maximum absolute atomic E-state index is 12.8. The molecule has 1 saturated carbocycles. The number of piperidine rings is 1. The van der Waals surface area contributed by atoms with Crippen LogP contribution in [0, 0.1) is 16.0 Å². The zero-order chi connectivity index (χ0) is 15.0. The average Bonchev–Trinajstić information content (AvgIpc) is 2.94. The quantitative estimate of drug-likeness (QED) is 0.619. The third-order valence-electron chi connectivity index (χ3n) is 4.65. The Morgan fingerprint density at radius 2 is 2.05 bits per heavy atom. The number of para-hydroxylation sites is 1. The molecule has 1 aromatic carbocycles. The highest BCUT2D eigenvalue weighted by Crippen LogP contribution is 2.38. The first kappa shape index (κ1) is 14.3. The van der Waals surface area contributed by atoms with Gasteiger partial charge in [-0.2, -0.15) is 0 Å². The summed E-state index contributed by atoms with van der Waals surface area (Å²) in [5.74, 6) is 0.307. The molecule has 2 unspecified atom stereocenters. The maximum atomic E-state index is 12.8. The molecule has 0 spiro atoms. The Hall–Kier alpha value is -1.62. The van der Waals surface area contributed by atoms with Crippen LogP contribution in [-0.2, 0) is 0 Å². The Morgan fingerprint density at radius 1 is 1.29 bits per heavy atom. The van der Waals surface area contributed by atoms with Gasteiger partial charge in [-0.05, 0) is 43.7 Å². The molecule has 112 valence electrons. The largest absolute Gasteiger partial charge is 0.335 e. The fraction of sp³-hybridized carbons (Fsp3) is 0.533. The monoisotopic (exact) mass is 308 g/mol. The summed E-state index contributed by atoms with van der Waals surface area (Å²) in [7, 11) is 0. The first-order chi connectivity index (χ1) is 10.1. The molecule has 1 amide bonds. The normalized spacial score (nSPS) is 24.7. The van der Waals surface area contributed by atoms with Crippen molar-refractivity contribution < 1.29 is 9.72 Å². The van der Waals surface area contributed by atoms with E-state index in [9.17, 15) is 14.9 Å². The third kappa shape index (κ3) is 2.50. The summed E-state index contributed by atoms with van der Waals surface area (Å²) in [4.78, 5) is 25.3. The number of nitro groups is 1. The van der Waals surface area contributed by atoms with E-state index in [0.717, 1.165) is 32.1 Å². The smallest absolute Gasteiger partial charge is 0.300 e. The fourth-order valence-electron chi connectivity index (χ4n) is 3.73. The second-order valence-electron chi connectivity index (χ2n) is 5.79. The van der Waals surface area contributed by atoms with Crippen LogP contribution in [0.15, 0.2) is 18.2 Å². The summed E-state index contributed by atoms with van der Waals surface area (Å²) >= 11 is 5.91. The van der Waals surface area contributed by atoms with E-state index in [1.165, 1.54) is 12.1 Å². The van der Waals surface area contributed by atoms with Gasteiger partial charge in [0.2, 0.25) is 0 Å². The zero-order valence-corrected chi connectivity index (χ0v) is 12.4. The molecule has 3 rings (SSSR count). The van der Waals surface area contributed by atoms with Crippen LogP contribution in [0.4, 0.5) is 5.69 Å². The van der Waals surface area contributed by atoms with E-state index >= 15 is 0 Å². The van der Waals surface area contributed by atoms with Gasteiger partial charge in [0.1, 0.15) is 10.6 Å². The number of halogens is 1. The lowest BCUT2D eigenvalue weighted by Crippen LogP contribution is -2.46. The summed E-state index contributed by atoms with van der Waals surface area (Å²) in [6.45, 7) is 0.684. The van der Waals surface area contributed by atoms with Crippen molar-refractivity contribution in [2.24, 2.45) is 5.92 Å². The number of rotatable bonds is 2. The van der Waals surface area contributed by atoms with E-state index < -0.39 is 4.92 Å². The molecule has 6 heteroatoms. The number of amides is 1. The SMILES string of the molecule is O=C(c1cccc(Cl)c1[N+](=O)[O-])N1CCCC2CCCC21. The molecule has 1 saturated heterocycles. The highest BCUT2D eigenvalue weighted by Gasteiger charge is 2.39. The van der Waals surface area contributed by atoms with E-state index in [2.05, 4.69) is 0 Å². The number of hydrogen-bond donors (Lipinski definition) is 0. The molecule has 0 N–H and O–H groups in total. The molecule has 0 radical (unpaired) electrons. The molecule has 1 aliphatic carbocycles. The van der Waals surface area contributed by atoms with Crippen molar-refractivity contribution >= 4 is 23.2 Å². The topological polar surface area (TPSA) is 63.4 Å². The van der Waals surface area contributed by atoms with Crippen molar-refractivity contribution in [3.05, 3.63) is 38.9 Å². The van der Waals surface area contributed by atoms with Gasteiger partial charge in [-0.3, -0.25) is 14.9 Å². The molecule has 2 atom stereocenters. The van der Waals surface area contributed by atoms with Crippen LogP contribution >= 0.6 is 11.6 Å². The summed E-state index contributed by atoms with van der Waals surface area (Å²) in [6, 6.07) is 4.79. The van der Waals surface area contributed by atoms with Crippen molar-refractivity contribution in [2.45, 2.75) is 38.1 Å². The van der Waals surface area contributed by atoms with E-state index in [4.69, 9.17) is 11.6 Å². The molecule has 2 fully saturated rings. The van der Waals surface area contributed by atoms with Gasteiger partial charge in [-0.25, -0.2) is 0 Å². The summed E-state index contributed by atoms with van der Waals surface area (Å²) in [5.41, 5.74) is -0.163. The van der Waals surface area contributed by atoms with Crippen LogP contribution in [0.1, 0.15) is 42.5 Å². The predicted octanol–water partition coefficient (Wildman–Crippen LogP) is 3.65. The van der Waals surface area contributed by atoms with Gasteiger partial charge in [0, 0.05) is 12.6 Å². The zero-order valence-electron chi connectivity index (χ0n) is 11.6. The molecule has 0 aromatic heterocycles. The third-order valence-corrected chi connectivity index (χ3v) is 4.96. The number of nitrogens with zero attached hydrogens (tertiary/aromatic N) is 2. The van der Waals surface area contributed by atoms with Gasteiger partial charge in [0.05, 0.1) is 4.92 Å². The number of fused-ring (bicyclic) bond motifs is 1. The second-order valence-corrected chi connectivity index (χ2v) is 6.20. The first-order valence-corrected chi connectivity index (χ1v) is 7.71. The lowest BCUT2D eigenvalue weighted by atomic mass is 9.91. The van der Waals surface area contributed by atoms with E-state index in [1.807, 2.05) is 4.90 Å². The van der Waals surface area contributed by atoms with Crippen LogP contribution in [0.5, 0.6) is 0 Å². The summed E-state index contributed by atoms with van der Waals surface area (Å²) < 4.78 is 0. The van der Waals surface area contributed by atoms with Gasteiger partial charge in [0.15, 0.2) is 0 Å². The Morgan fingerprint density at radius 3 is 2.81 bits per heavy atom. The predicted molar refractivity (Wildman–Crippen MR) is 79.5 cm³/mol. The van der Waals surface area contributed by atoms with Crippen LogP contribution in [-0.4, -0.2) is 28.3 Å². The fourth-order valence-corrected chi connectivity index (χ4v) is 3.98. The summed E-state index contributed by atoms with van der Waals surface area (Å²) in [5, 5.41) is 11.2. The van der Waals surface area contributed by atoms with Crippen LogP contribution in [0.3, 0.4) is 0 Å². The second kappa shape index (κ2) is 5.64. The minimum atomic E-state index is -0.564. The number of carbonyl (C=O) groups excluding carboxylic acids is 1. The molecular formula is C15H17ClN2O3. The summed E-state index contributed by atoms with van der Waals surface area (Å²) in [6.07, 6.45) is 5.43. The lowest BCUT2D eigenvalue weighted by Gasteiger charge is -2.37. The minimum Gasteiger partial charge on any atom is -0.335 e. The lowest BCUT2D eigenvalue weighted by molar-refractivity contribution is -0.385. The molecule has 0 bridgehead atoms. The van der Waals surface area contributed by atoms with Gasteiger partial charge in [0.25, 0.3) is 5.91 Å². The molecule has 2 aliphatic rings. The Kier molecular flexibility index (Phi) is 3.85. The van der Waals surface area contributed by atoms with Crippen LogP contribution in [0.25, 0.3) is 0 Å². The molecule has 21 heavy (non-hydrogen) atoms. The van der Waals surface area contributed by atoms with Gasteiger partial charge in [-0.1, -0.05) is 24.1 Å². The van der Waals surface area contributed by atoms with E-state index in [1.54, 1.807) is 6.07 Å². The number of benzene rings is 1. The Labute approximate surface area is 128 Å². The van der Waals surface area contributed by atoms with Crippen molar-refractivity contribution in [2.75, 3.05) is 6.54 Å². The number of likely N-dealkylation sites (tertiary alicyclic amines) is 1. The molecule has 1 heterocycles. The minimum absolute atomic E-state index is 0.0193. The highest BCUT2D eigenvalue weighted by molar-refractivity contribution is 6.33. The Bertz CT molecular complexity index is 590. The first-order valence-electron chi connectivity index (χ1n) is 7.33. The molecular weight excluding hydrogens is 292 g/mol. The van der Waals surface area contributed by atoms with Gasteiger partial charge >= 0.3 is 5.69 Å². The Balaban J connectivity index is 1.95. The van der Waals surface area contributed by atoms with Gasteiger partial charge in [-0.15, -0.1) is 0 Å². The van der Waals surface area contributed by atoms with Crippen LogP contribution < -0.4 is 0 Å². The van der Waals surface area contributed by atoms with Gasteiger partial charge < -0.3 is 4.90 Å². The average molecular weight is 309 g/mol. The highest BCUT2D eigenvalue weighted by atomic mass is 35.5. The number of carbonyl (C=O) groups is 1. The number of nitro benzene ring substituents is 1. The van der Waals surface area contributed by atoms with Crippen molar-refractivity contribution in [3.8, 4) is 0 Å².